The average Bonchev–Trinajstić information content (AvgIpc) is 2.77. The molecule has 3 aliphatic rings. The molecule has 3 nitrogen and oxygen atoms in total. The van der Waals surface area contributed by atoms with Gasteiger partial charge in [-0.1, -0.05) is 24.3 Å². The largest absolute Gasteiger partial charge is 0.372 e. The highest BCUT2D eigenvalue weighted by molar-refractivity contribution is 6.10. The smallest absolute Gasteiger partial charge is 0.185 e. The average molecular weight is 393 g/mol. The minimum absolute atomic E-state index is 0.287. The van der Waals surface area contributed by atoms with Gasteiger partial charge in [-0.3, -0.25) is 4.79 Å². The van der Waals surface area contributed by atoms with Crippen LogP contribution >= 0.6 is 0 Å². The molecule has 0 bridgehead atoms. The van der Waals surface area contributed by atoms with Gasteiger partial charge in [0.1, 0.15) is 0 Å². The fourth-order valence-electron chi connectivity index (χ4n) is 4.63. The Labute approximate surface area is 176 Å². The van der Waals surface area contributed by atoms with Crippen LogP contribution in [0, 0.1) is 0 Å². The first kappa shape index (κ1) is 21.4. The molecular weight excluding hydrogens is 356 g/mol. The van der Waals surface area contributed by atoms with E-state index in [2.05, 4.69) is 74.0 Å². The number of nitrogens with zero attached hydrogens (tertiary/aromatic N) is 2. The van der Waals surface area contributed by atoms with Crippen molar-refractivity contribution in [1.29, 1.82) is 0 Å². The Bertz CT molecular complexity index is 746. The van der Waals surface area contributed by atoms with E-state index in [-0.39, 0.29) is 5.78 Å². The number of Topliss-reactive ketones (excluding diaryl/α,β-unsaturated/α-hetero) is 1. The first-order chi connectivity index (χ1) is 14.1. The molecule has 0 spiro atoms. The number of rotatable bonds is 6. The lowest BCUT2D eigenvalue weighted by atomic mass is 9.81. The maximum Gasteiger partial charge on any atom is 0.185 e. The number of carbonyl (C=O) groups excluding carboxylic acids is 1. The summed E-state index contributed by atoms with van der Waals surface area (Å²) >= 11 is 0. The highest BCUT2D eigenvalue weighted by atomic mass is 16.1. The fourth-order valence-corrected chi connectivity index (χ4v) is 4.63. The van der Waals surface area contributed by atoms with Crippen molar-refractivity contribution < 1.29 is 4.79 Å². The topological polar surface area (TPSA) is 23.6 Å². The van der Waals surface area contributed by atoms with Crippen LogP contribution in [0.1, 0.15) is 59.8 Å². The van der Waals surface area contributed by atoms with Crippen LogP contribution in [0.25, 0.3) is 0 Å². The van der Waals surface area contributed by atoms with Gasteiger partial charge < -0.3 is 9.80 Å². The van der Waals surface area contributed by atoms with E-state index in [1.54, 1.807) is 0 Å². The van der Waals surface area contributed by atoms with Crippen LogP contribution in [-0.2, 0) is 4.79 Å². The van der Waals surface area contributed by atoms with Crippen molar-refractivity contribution in [2.24, 2.45) is 0 Å². The molecule has 156 valence electrons. The molecule has 0 aromatic rings. The second kappa shape index (κ2) is 9.96. The Morgan fingerprint density at radius 1 is 0.690 bits per heavy atom. The number of ketones is 1. The number of likely N-dealkylation sites (N-methyl/N-ethyl adjacent to an activating group) is 2. The second-order valence-electron chi connectivity index (χ2n) is 7.87. The predicted octanol–water partition coefficient (Wildman–Crippen LogP) is 5.70. The fraction of sp³-hybridized carbons (Fsp3) is 0.500. The highest BCUT2D eigenvalue weighted by Crippen LogP contribution is 2.34. The molecular formula is C26H36N2O. The molecule has 3 heteroatoms. The van der Waals surface area contributed by atoms with Crippen LogP contribution < -0.4 is 0 Å². The lowest BCUT2D eigenvalue weighted by Crippen LogP contribution is -2.23. The Kier molecular flexibility index (Phi) is 7.35. The summed E-state index contributed by atoms with van der Waals surface area (Å²) in [7, 11) is 0. The third-order valence-electron chi connectivity index (χ3n) is 6.41. The minimum atomic E-state index is 0.287. The van der Waals surface area contributed by atoms with Crippen LogP contribution in [0.2, 0.25) is 0 Å². The number of hydrogen-bond donors (Lipinski definition) is 0. The summed E-state index contributed by atoms with van der Waals surface area (Å²) in [5, 5.41) is 0. The zero-order valence-corrected chi connectivity index (χ0v) is 18.6. The zero-order valence-electron chi connectivity index (χ0n) is 18.6. The Balaban J connectivity index is 1.79. The zero-order chi connectivity index (χ0) is 20.8. The van der Waals surface area contributed by atoms with E-state index in [0.717, 1.165) is 69.4 Å². The first-order valence-electron chi connectivity index (χ1n) is 11.4. The molecule has 0 radical (unpaired) electrons. The van der Waals surface area contributed by atoms with E-state index in [0.29, 0.717) is 0 Å². The second-order valence-corrected chi connectivity index (χ2v) is 7.87. The van der Waals surface area contributed by atoms with E-state index in [1.807, 2.05) is 0 Å². The van der Waals surface area contributed by atoms with Gasteiger partial charge in [0.2, 0.25) is 0 Å². The maximum absolute atomic E-state index is 13.3. The van der Waals surface area contributed by atoms with Crippen LogP contribution in [-0.4, -0.2) is 41.8 Å². The summed E-state index contributed by atoms with van der Waals surface area (Å²) in [5.41, 5.74) is 7.07. The molecule has 0 amide bonds. The monoisotopic (exact) mass is 392 g/mol. The molecule has 0 atom stereocenters. The van der Waals surface area contributed by atoms with E-state index >= 15 is 0 Å². The van der Waals surface area contributed by atoms with Gasteiger partial charge in [0.25, 0.3) is 0 Å². The van der Waals surface area contributed by atoms with E-state index < -0.39 is 0 Å². The molecule has 1 saturated carbocycles. The molecule has 0 aromatic carbocycles. The van der Waals surface area contributed by atoms with Crippen LogP contribution in [0.15, 0.2) is 70.1 Å². The minimum Gasteiger partial charge on any atom is -0.372 e. The summed E-state index contributed by atoms with van der Waals surface area (Å²) < 4.78 is 0. The van der Waals surface area contributed by atoms with Gasteiger partial charge in [-0.05, 0) is 83.1 Å². The van der Waals surface area contributed by atoms with Gasteiger partial charge >= 0.3 is 0 Å². The van der Waals surface area contributed by atoms with Gasteiger partial charge in [0, 0.05) is 48.7 Å². The molecule has 0 heterocycles. The standard InChI is InChI=1S/C26H36N2O/c1-5-27(6-2)22-16-12-20(13-17-22)24-10-9-11-25(26(24)29)21-14-18-23(19-15-21)28(7-3)8-4/h12,14,16-19H,5-11,13,15H2,1-4H3. The summed E-state index contributed by atoms with van der Waals surface area (Å²) in [6, 6.07) is 0. The van der Waals surface area contributed by atoms with Crippen molar-refractivity contribution in [2.45, 2.75) is 59.8 Å². The lowest BCUT2D eigenvalue weighted by Gasteiger charge is -2.27. The third kappa shape index (κ3) is 4.66. The molecule has 1 fully saturated rings. The van der Waals surface area contributed by atoms with Crippen molar-refractivity contribution in [2.75, 3.05) is 26.2 Å². The van der Waals surface area contributed by atoms with Crippen molar-refractivity contribution in [3.8, 4) is 0 Å². The Hall–Kier alpha value is -2.29. The van der Waals surface area contributed by atoms with Gasteiger partial charge in [0.05, 0.1) is 0 Å². The predicted molar refractivity (Wildman–Crippen MR) is 122 cm³/mol. The Morgan fingerprint density at radius 2 is 1.10 bits per heavy atom. The molecule has 29 heavy (non-hydrogen) atoms. The normalized spacial score (nSPS) is 24.5. The van der Waals surface area contributed by atoms with Crippen LogP contribution in [0.4, 0.5) is 0 Å². The van der Waals surface area contributed by atoms with E-state index in [1.165, 1.54) is 22.5 Å². The lowest BCUT2D eigenvalue weighted by molar-refractivity contribution is -0.113. The van der Waals surface area contributed by atoms with Gasteiger partial charge in [-0.2, -0.15) is 0 Å². The van der Waals surface area contributed by atoms with Crippen LogP contribution in [0.3, 0.4) is 0 Å². The highest BCUT2D eigenvalue weighted by Gasteiger charge is 2.26. The van der Waals surface area contributed by atoms with Gasteiger partial charge in [-0.15, -0.1) is 0 Å². The maximum atomic E-state index is 13.3. The first-order valence-corrected chi connectivity index (χ1v) is 11.4. The van der Waals surface area contributed by atoms with Crippen molar-refractivity contribution in [3.05, 3.63) is 70.1 Å². The van der Waals surface area contributed by atoms with Crippen molar-refractivity contribution >= 4 is 5.78 Å². The molecule has 0 aromatic heterocycles. The van der Waals surface area contributed by atoms with Gasteiger partial charge in [0.15, 0.2) is 5.78 Å². The molecule has 0 saturated heterocycles. The number of carbonyl (C=O) groups is 1. The van der Waals surface area contributed by atoms with Crippen molar-refractivity contribution in [3.63, 3.8) is 0 Å². The molecule has 3 aliphatic carbocycles. The summed E-state index contributed by atoms with van der Waals surface area (Å²) in [5.74, 6) is 0.287. The van der Waals surface area contributed by atoms with E-state index in [4.69, 9.17) is 0 Å². The SMILES string of the molecule is CCN(CC)C1=CCC(=C2CCCC(=C3C=CC(N(CC)CC)=CC3)C2=O)C=C1. The summed E-state index contributed by atoms with van der Waals surface area (Å²) in [6.07, 6.45) is 17.9. The Morgan fingerprint density at radius 3 is 1.41 bits per heavy atom. The van der Waals surface area contributed by atoms with Crippen LogP contribution in [0.5, 0.6) is 0 Å². The van der Waals surface area contributed by atoms with E-state index in [9.17, 15) is 4.79 Å². The molecule has 3 rings (SSSR count). The number of hydrogen-bond acceptors (Lipinski definition) is 3. The quantitative estimate of drug-likeness (QED) is 0.541. The molecule has 0 aliphatic heterocycles. The molecule has 0 N–H and O–H groups in total. The van der Waals surface area contributed by atoms with Gasteiger partial charge in [-0.25, -0.2) is 0 Å². The van der Waals surface area contributed by atoms with Crippen molar-refractivity contribution in [1.82, 2.24) is 9.80 Å². The summed E-state index contributed by atoms with van der Waals surface area (Å²) in [4.78, 5) is 18.1. The number of allylic oxidation sites excluding steroid dienone is 10. The third-order valence-corrected chi connectivity index (χ3v) is 6.41. The molecule has 0 unspecified atom stereocenters. The summed E-state index contributed by atoms with van der Waals surface area (Å²) in [6.45, 7) is 12.8.